The van der Waals surface area contributed by atoms with E-state index in [-0.39, 0.29) is 28.6 Å². The van der Waals surface area contributed by atoms with Crippen molar-refractivity contribution in [2.45, 2.75) is 13.1 Å². The first-order valence-electron chi connectivity index (χ1n) is 9.85. The Balaban J connectivity index is 1.72. The molecule has 1 fully saturated rings. The van der Waals surface area contributed by atoms with E-state index in [0.29, 0.717) is 38.1 Å². The number of morpholine rings is 1. The fraction of sp³-hybridized carbons (Fsp3) is 0.273. The van der Waals surface area contributed by atoms with Gasteiger partial charge >= 0.3 is 6.18 Å². The van der Waals surface area contributed by atoms with Crippen LogP contribution in [-0.2, 0) is 10.9 Å². The second-order valence-corrected chi connectivity index (χ2v) is 7.20. The van der Waals surface area contributed by atoms with Gasteiger partial charge in [0.2, 0.25) is 5.88 Å². The average molecular weight is 448 g/mol. The number of nitrogens with two attached hydrogens (primary N) is 1. The van der Waals surface area contributed by atoms with Gasteiger partial charge in [0.15, 0.2) is 5.75 Å². The maximum atomic E-state index is 14.6. The van der Waals surface area contributed by atoms with Crippen LogP contribution in [-0.4, -0.2) is 36.3 Å². The Morgan fingerprint density at radius 2 is 1.78 bits per heavy atom. The standard InChI is InChI=1S/C22H20F4N4O2/c1-13-28-20(15-7-6-14(12-16(15)23)22(24,25)26)19(27)21(29-13)32-18-5-3-2-4-17(18)30-8-10-31-11-9-30/h2-7,12H,8-11,27H2,1H3. The lowest BCUT2D eigenvalue weighted by atomic mass is 10.1. The molecule has 0 bridgehead atoms. The molecule has 0 atom stereocenters. The molecular formula is C22H20F4N4O2. The highest BCUT2D eigenvalue weighted by molar-refractivity contribution is 5.77. The first kappa shape index (κ1) is 21.8. The number of benzene rings is 2. The molecule has 3 aromatic rings. The zero-order valence-electron chi connectivity index (χ0n) is 17.1. The number of nitrogens with zero attached hydrogens (tertiary/aromatic N) is 3. The molecule has 2 aromatic carbocycles. The van der Waals surface area contributed by atoms with E-state index in [1.807, 2.05) is 12.1 Å². The van der Waals surface area contributed by atoms with Crippen LogP contribution in [0.4, 0.5) is 28.9 Å². The Labute approximate surface area is 181 Å². The quantitative estimate of drug-likeness (QED) is 0.577. The Bertz CT molecular complexity index is 1130. The monoisotopic (exact) mass is 448 g/mol. The number of hydrogen-bond donors (Lipinski definition) is 1. The third-order valence-electron chi connectivity index (χ3n) is 5.00. The summed E-state index contributed by atoms with van der Waals surface area (Å²) >= 11 is 0. The molecule has 4 rings (SSSR count). The molecule has 2 N–H and O–H groups in total. The molecule has 0 spiro atoms. The summed E-state index contributed by atoms with van der Waals surface area (Å²) in [4.78, 5) is 10.5. The van der Waals surface area contributed by atoms with Gasteiger partial charge in [-0.3, -0.25) is 0 Å². The van der Waals surface area contributed by atoms with Crippen molar-refractivity contribution in [3.05, 3.63) is 59.7 Å². The molecule has 10 heteroatoms. The minimum Gasteiger partial charge on any atom is -0.435 e. The molecule has 1 aliphatic heterocycles. The predicted octanol–water partition coefficient (Wildman–Crippen LogP) is 4.82. The maximum absolute atomic E-state index is 14.6. The van der Waals surface area contributed by atoms with Crippen molar-refractivity contribution >= 4 is 11.4 Å². The molecule has 168 valence electrons. The van der Waals surface area contributed by atoms with Gasteiger partial charge in [0.05, 0.1) is 24.5 Å². The van der Waals surface area contributed by atoms with Crippen molar-refractivity contribution in [3.8, 4) is 22.9 Å². The van der Waals surface area contributed by atoms with E-state index in [1.54, 1.807) is 19.1 Å². The molecule has 0 aliphatic carbocycles. The van der Waals surface area contributed by atoms with E-state index in [0.717, 1.165) is 17.8 Å². The lowest BCUT2D eigenvalue weighted by Crippen LogP contribution is -2.36. The van der Waals surface area contributed by atoms with Gasteiger partial charge < -0.3 is 20.1 Å². The lowest BCUT2D eigenvalue weighted by Gasteiger charge is -2.30. The highest BCUT2D eigenvalue weighted by Gasteiger charge is 2.31. The number of rotatable bonds is 4. The van der Waals surface area contributed by atoms with Crippen LogP contribution in [0, 0.1) is 12.7 Å². The van der Waals surface area contributed by atoms with E-state index in [2.05, 4.69) is 14.9 Å². The first-order chi connectivity index (χ1) is 15.2. The van der Waals surface area contributed by atoms with Crippen molar-refractivity contribution in [2.24, 2.45) is 0 Å². The maximum Gasteiger partial charge on any atom is 0.416 e. The zero-order valence-corrected chi connectivity index (χ0v) is 17.1. The van der Waals surface area contributed by atoms with Gasteiger partial charge in [-0.2, -0.15) is 18.2 Å². The van der Waals surface area contributed by atoms with Crippen LogP contribution < -0.4 is 15.4 Å². The van der Waals surface area contributed by atoms with E-state index < -0.39 is 17.6 Å². The molecular weight excluding hydrogens is 428 g/mol. The number of ether oxygens (including phenoxy) is 2. The van der Waals surface area contributed by atoms with Crippen LogP contribution in [0.5, 0.6) is 11.6 Å². The molecule has 0 amide bonds. The number of para-hydroxylation sites is 2. The summed E-state index contributed by atoms with van der Waals surface area (Å²) < 4.78 is 64.6. The van der Waals surface area contributed by atoms with Crippen molar-refractivity contribution in [3.63, 3.8) is 0 Å². The lowest BCUT2D eigenvalue weighted by molar-refractivity contribution is -0.137. The summed E-state index contributed by atoms with van der Waals surface area (Å²) in [7, 11) is 0. The molecule has 1 aliphatic rings. The van der Waals surface area contributed by atoms with Crippen LogP contribution in [0.2, 0.25) is 0 Å². The first-order valence-corrected chi connectivity index (χ1v) is 9.85. The van der Waals surface area contributed by atoms with Gasteiger partial charge in [-0.1, -0.05) is 12.1 Å². The highest BCUT2D eigenvalue weighted by atomic mass is 19.4. The number of hydrogen-bond acceptors (Lipinski definition) is 6. The minimum atomic E-state index is -4.66. The molecule has 1 aromatic heterocycles. The summed E-state index contributed by atoms with van der Waals surface area (Å²) in [6.45, 7) is 4.09. The Kier molecular flexibility index (Phi) is 5.88. The topological polar surface area (TPSA) is 73.5 Å². The molecule has 6 nitrogen and oxygen atoms in total. The predicted molar refractivity (Wildman–Crippen MR) is 111 cm³/mol. The fourth-order valence-electron chi connectivity index (χ4n) is 3.44. The molecule has 0 unspecified atom stereocenters. The third kappa shape index (κ3) is 4.45. The summed E-state index contributed by atoms with van der Waals surface area (Å²) in [5.74, 6) is -0.387. The van der Waals surface area contributed by atoms with E-state index in [1.165, 1.54) is 0 Å². The molecule has 1 saturated heterocycles. The number of aryl methyl sites for hydroxylation is 1. The Morgan fingerprint density at radius 1 is 1.06 bits per heavy atom. The van der Waals surface area contributed by atoms with Gasteiger partial charge in [0.1, 0.15) is 23.0 Å². The van der Waals surface area contributed by atoms with Gasteiger partial charge in [-0.15, -0.1) is 0 Å². The molecule has 2 heterocycles. The van der Waals surface area contributed by atoms with E-state index >= 15 is 0 Å². The van der Waals surface area contributed by atoms with Crippen molar-refractivity contribution in [2.75, 3.05) is 36.9 Å². The summed E-state index contributed by atoms with van der Waals surface area (Å²) in [6, 6.07) is 9.50. The number of nitrogen functional groups attached to an aromatic ring is 1. The van der Waals surface area contributed by atoms with Crippen molar-refractivity contribution in [1.82, 2.24) is 9.97 Å². The number of aromatic nitrogens is 2. The van der Waals surface area contributed by atoms with Crippen LogP contribution in [0.25, 0.3) is 11.3 Å². The van der Waals surface area contributed by atoms with Crippen molar-refractivity contribution < 1.29 is 27.0 Å². The molecule has 32 heavy (non-hydrogen) atoms. The second-order valence-electron chi connectivity index (χ2n) is 7.20. The zero-order chi connectivity index (χ0) is 22.9. The normalized spacial score (nSPS) is 14.5. The van der Waals surface area contributed by atoms with Crippen LogP contribution in [0.3, 0.4) is 0 Å². The van der Waals surface area contributed by atoms with Crippen LogP contribution >= 0.6 is 0 Å². The van der Waals surface area contributed by atoms with Gasteiger partial charge in [0, 0.05) is 18.7 Å². The van der Waals surface area contributed by atoms with Crippen molar-refractivity contribution in [1.29, 1.82) is 0 Å². The molecule has 0 saturated carbocycles. The van der Waals surface area contributed by atoms with Gasteiger partial charge in [-0.05, 0) is 37.3 Å². The van der Waals surface area contributed by atoms with E-state index in [9.17, 15) is 17.6 Å². The van der Waals surface area contributed by atoms with E-state index in [4.69, 9.17) is 15.2 Å². The summed E-state index contributed by atoms with van der Waals surface area (Å²) in [6.07, 6.45) is -4.66. The SMILES string of the molecule is Cc1nc(Oc2ccccc2N2CCOCC2)c(N)c(-c2ccc(C(F)(F)F)cc2F)n1. The third-order valence-corrected chi connectivity index (χ3v) is 5.00. The second kappa shape index (κ2) is 8.62. The largest absolute Gasteiger partial charge is 0.435 e. The average Bonchev–Trinajstić information content (AvgIpc) is 2.76. The summed E-state index contributed by atoms with van der Waals surface area (Å²) in [5.41, 5.74) is 5.61. The number of anilines is 2. The highest BCUT2D eigenvalue weighted by Crippen LogP contribution is 2.39. The molecule has 0 radical (unpaired) electrons. The number of alkyl halides is 3. The van der Waals surface area contributed by atoms with Gasteiger partial charge in [0.25, 0.3) is 0 Å². The minimum absolute atomic E-state index is 0.00694. The smallest absolute Gasteiger partial charge is 0.416 e. The van der Waals surface area contributed by atoms with Crippen LogP contribution in [0.15, 0.2) is 42.5 Å². The van der Waals surface area contributed by atoms with Gasteiger partial charge in [-0.25, -0.2) is 9.37 Å². The Hall–Kier alpha value is -3.40. The Morgan fingerprint density at radius 3 is 2.47 bits per heavy atom. The summed E-state index contributed by atoms with van der Waals surface area (Å²) in [5, 5.41) is 0. The number of halogens is 4. The van der Waals surface area contributed by atoms with Crippen LogP contribution in [0.1, 0.15) is 11.4 Å². The fourth-order valence-corrected chi connectivity index (χ4v) is 3.44.